The number of hydrogen-bond donors (Lipinski definition) is 0. The smallest absolute Gasteiger partial charge is 0.227 e. The van der Waals surface area contributed by atoms with E-state index in [1.807, 2.05) is 11.8 Å². The summed E-state index contributed by atoms with van der Waals surface area (Å²) >= 11 is 0. The first kappa shape index (κ1) is 21.6. The molecule has 166 valence electrons. The summed E-state index contributed by atoms with van der Waals surface area (Å²) in [5.74, 6) is 0.788. The SMILES string of the molecule is CCCS(=O)(=O)N1CCCC(C(=O)N2CCC(CN3CCc4ccccc43)CC2)C1. The van der Waals surface area contributed by atoms with E-state index in [1.54, 1.807) is 4.31 Å². The Balaban J connectivity index is 1.28. The van der Waals surface area contributed by atoms with Gasteiger partial charge in [0.15, 0.2) is 0 Å². The molecule has 0 saturated carbocycles. The first-order valence-electron chi connectivity index (χ1n) is 11.6. The van der Waals surface area contributed by atoms with Gasteiger partial charge < -0.3 is 9.80 Å². The van der Waals surface area contributed by atoms with Crippen molar-refractivity contribution in [1.29, 1.82) is 0 Å². The van der Waals surface area contributed by atoms with Gasteiger partial charge in [-0.15, -0.1) is 0 Å². The maximum Gasteiger partial charge on any atom is 0.227 e. The zero-order valence-corrected chi connectivity index (χ0v) is 18.9. The highest BCUT2D eigenvalue weighted by Gasteiger charge is 2.35. The molecule has 7 heteroatoms. The molecule has 0 spiro atoms. The number of carbonyl (C=O) groups excluding carboxylic acids is 1. The summed E-state index contributed by atoms with van der Waals surface area (Å²) < 4.78 is 26.4. The molecule has 4 rings (SSSR count). The fourth-order valence-corrected chi connectivity index (χ4v) is 6.87. The Hall–Kier alpha value is -1.60. The number of likely N-dealkylation sites (tertiary alicyclic amines) is 1. The first-order valence-corrected chi connectivity index (χ1v) is 13.2. The van der Waals surface area contributed by atoms with Crippen LogP contribution in [0.15, 0.2) is 24.3 Å². The van der Waals surface area contributed by atoms with Crippen LogP contribution >= 0.6 is 0 Å². The molecule has 1 aromatic rings. The second-order valence-corrected chi connectivity index (χ2v) is 11.2. The van der Waals surface area contributed by atoms with Gasteiger partial charge in [-0.1, -0.05) is 25.1 Å². The molecular weight excluding hydrogens is 398 g/mol. The predicted molar refractivity (Wildman–Crippen MR) is 120 cm³/mol. The molecule has 0 radical (unpaired) electrons. The van der Waals surface area contributed by atoms with Crippen molar-refractivity contribution in [2.75, 3.05) is 49.9 Å². The number of hydrogen-bond acceptors (Lipinski definition) is 4. The first-order chi connectivity index (χ1) is 14.5. The van der Waals surface area contributed by atoms with Crippen molar-refractivity contribution in [3.8, 4) is 0 Å². The molecule has 1 unspecified atom stereocenters. The topological polar surface area (TPSA) is 60.9 Å². The highest BCUT2D eigenvalue weighted by molar-refractivity contribution is 7.89. The summed E-state index contributed by atoms with van der Waals surface area (Å²) in [6.45, 7) is 6.59. The number of anilines is 1. The third-order valence-electron chi connectivity index (χ3n) is 6.98. The van der Waals surface area contributed by atoms with Crippen molar-refractivity contribution in [1.82, 2.24) is 9.21 Å². The summed E-state index contributed by atoms with van der Waals surface area (Å²) in [6, 6.07) is 8.69. The average Bonchev–Trinajstić information content (AvgIpc) is 3.17. The van der Waals surface area contributed by atoms with Crippen molar-refractivity contribution in [3.05, 3.63) is 29.8 Å². The fourth-order valence-electron chi connectivity index (χ4n) is 5.29. The van der Waals surface area contributed by atoms with Crippen LogP contribution in [-0.4, -0.2) is 68.6 Å². The van der Waals surface area contributed by atoms with Crippen LogP contribution in [0.3, 0.4) is 0 Å². The van der Waals surface area contributed by atoms with Crippen LogP contribution in [0.25, 0.3) is 0 Å². The van der Waals surface area contributed by atoms with Gasteiger partial charge in [0.25, 0.3) is 0 Å². The van der Waals surface area contributed by atoms with Crippen molar-refractivity contribution < 1.29 is 13.2 Å². The van der Waals surface area contributed by atoms with Crippen molar-refractivity contribution in [3.63, 3.8) is 0 Å². The molecule has 30 heavy (non-hydrogen) atoms. The zero-order chi connectivity index (χ0) is 21.1. The maximum atomic E-state index is 13.1. The molecule has 3 aliphatic rings. The minimum atomic E-state index is -3.22. The molecule has 2 fully saturated rings. The van der Waals surface area contributed by atoms with E-state index >= 15 is 0 Å². The summed E-state index contributed by atoms with van der Waals surface area (Å²) in [5, 5.41) is 0. The van der Waals surface area contributed by atoms with Gasteiger partial charge in [0.2, 0.25) is 15.9 Å². The van der Waals surface area contributed by atoms with Gasteiger partial charge in [0.1, 0.15) is 0 Å². The van der Waals surface area contributed by atoms with Crippen LogP contribution in [0.5, 0.6) is 0 Å². The van der Waals surface area contributed by atoms with E-state index in [4.69, 9.17) is 0 Å². The van der Waals surface area contributed by atoms with Gasteiger partial charge in [0, 0.05) is 45.0 Å². The Morgan fingerprint density at radius 2 is 1.83 bits per heavy atom. The molecule has 6 nitrogen and oxygen atoms in total. The molecule has 0 aliphatic carbocycles. The molecule has 2 saturated heterocycles. The van der Waals surface area contributed by atoms with Gasteiger partial charge in [-0.2, -0.15) is 0 Å². The molecule has 1 atom stereocenters. The number of amides is 1. The number of fused-ring (bicyclic) bond motifs is 1. The van der Waals surface area contributed by atoms with Crippen LogP contribution in [0.4, 0.5) is 5.69 Å². The minimum absolute atomic E-state index is 0.163. The summed E-state index contributed by atoms with van der Waals surface area (Å²) in [6.07, 6.45) is 5.41. The van der Waals surface area contributed by atoms with E-state index in [-0.39, 0.29) is 17.6 Å². The lowest BCUT2D eigenvalue weighted by atomic mass is 9.93. The Labute approximate surface area is 181 Å². The normalized spacial score (nSPS) is 23.6. The fraction of sp³-hybridized carbons (Fsp3) is 0.696. The van der Waals surface area contributed by atoms with Crippen molar-refractivity contribution in [2.24, 2.45) is 11.8 Å². The van der Waals surface area contributed by atoms with Gasteiger partial charge in [0.05, 0.1) is 11.7 Å². The minimum Gasteiger partial charge on any atom is -0.371 e. The van der Waals surface area contributed by atoms with Crippen molar-refractivity contribution in [2.45, 2.75) is 45.4 Å². The number of benzene rings is 1. The number of nitrogens with zero attached hydrogens (tertiary/aromatic N) is 3. The lowest BCUT2D eigenvalue weighted by Crippen LogP contribution is -2.49. The summed E-state index contributed by atoms with van der Waals surface area (Å²) in [4.78, 5) is 17.6. The van der Waals surface area contributed by atoms with E-state index < -0.39 is 10.0 Å². The third kappa shape index (κ3) is 4.67. The highest BCUT2D eigenvalue weighted by atomic mass is 32.2. The quantitative estimate of drug-likeness (QED) is 0.692. The molecule has 3 heterocycles. The van der Waals surface area contributed by atoms with Gasteiger partial charge in [-0.05, 0) is 56.1 Å². The second-order valence-electron chi connectivity index (χ2n) is 9.11. The van der Waals surface area contributed by atoms with Gasteiger partial charge >= 0.3 is 0 Å². The molecule has 1 aromatic carbocycles. The maximum absolute atomic E-state index is 13.1. The highest BCUT2D eigenvalue weighted by Crippen LogP contribution is 2.31. The summed E-state index contributed by atoms with van der Waals surface area (Å²) in [5.41, 5.74) is 2.83. The van der Waals surface area contributed by atoms with E-state index in [2.05, 4.69) is 29.2 Å². The van der Waals surface area contributed by atoms with E-state index in [0.717, 1.165) is 58.3 Å². The molecular formula is C23H35N3O3S. The summed E-state index contributed by atoms with van der Waals surface area (Å²) in [7, 11) is -3.22. The second kappa shape index (κ2) is 9.27. The molecule has 0 bridgehead atoms. The van der Waals surface area contributed by atoms with Crippen LogP contribution in [0, 0.1) is 11.8 Å². The van der Waals surface area contributed by atoms with E-state index in [9.17, 15) is 13.2 Å². The van der Waals surface area contributed by atoms with Crippen LogP contribution < -0.4 is 4.90 Å². The van der Waals surface area contributed by atoms with E-state index in [0.29, 0.717) is 25.4 Å². The van der Waals surface area contributed by atoms with Crippen LogP contribution in [-0.2, 0) is 21.2 Å². The Kier molecular flexibility index (Phi) is 6.68. The molecule has 3 aliphatic heterocycles. The number of para-hydroxylation sites is 1. The van der Waals surface area contributed by atoms with Crippen molar-refractivity contribution >= 4 is 21.6 Å². The molecule has 0 N–H and O–H groups in total. The van der Waals surface area contributed by atoms with Gasteiger partial charge in [-0.3, -0.25) is 4.79 Å². The Bertz CT molecular complexity index is 849. The van der Waals surface area contributed by atoms with Crippen LogP contribution in [0.2, 0.25) is 0 Å². The largest absolute Gasteiger partial charge is 0.371 e. The Morgan fingerprint density at radius 1 is 1.07 bits per heavy atom. The predicted octanol–water partition coefficient (Wildman–Crippen LogP) is 2.74. The Morgan fingerprint density at radius 3 is 2.60 bits per heavy atom. The standard InChI is InChI=1S/C23H35N3O3S/c1-2-16-30(28,29)26-12-5-7-21(18-26)23(27)24-13-9-19(10-14-24)17-25-15-11-20-6-3-4-8-22(20)25/h3-4,6,8,19,21H,2,5,7,9-18H2,1H3. The van der Waals surface area contributed by atoms with Gasteiger partial charge in [-0.25, -0.2) is 12.7 Å². The van der Waals surface area contributed by atoms with Crippen LogP contribution in [0.1, 0.15) is 44.6 Å². The monoisotopic (exact) mass is 433 g/mol. The number of piperidine rings is 2. The lowest BCUT2D eigenvalue weighted by molar-refractivity contribution is -0.138. The number of rotatable bonds is 6. The zero-order valence-electron chi connectivity index (χ0n) is 18.1. The number of sulfonamides is 1. The van der Waals surface area contributed by atoms with E-state index in [1.165, 1.54) is 11.3 Å². The number of carbonyl (C=O) groups is 1. The molecule has 0 aromatic heterocycles. The third-order valence-corrected chi connectivity index (χ3v) is 9.02. The molecule has 1 amide bonds. The lowest BCUT2D eigenvalue weighted by Gasteiger charge is -2.38. The average molecular weight is 434 g/mol.